The number of aromatic hydroxyl groups is 1. The van der Waals surface area contributed by atoms with Crippen LogP contribution in [0.15, 0.2) is 73.4 Å². The van der Waals surface area contributed by atoms with Gasteiger partial charge in [-0.05, 0) is 61.1 Å². The fourth-order valence-corrected chi connectivity index (χ4v) is 4.72. The van der Waals surface area contributed by atoms with Gasteiger partial charge in [0.15, 0.2) is 23.0 Å². The highest BCUT2D eigenvalue weighted by Gasteiger charge is 2.32. The molecule has 0 aliphatic heterocycles. The molecule has 0 radical (unpaired) electrons. The number of carbonyl (C=O) groups excluding carboxylic acids is 2. The van der Waals surface area contributed by atoms with Gasteiger partial charge < -0.3 is 14.6 Å². The third-order valence-corrected chi connectivity index (χ3v) is 7.16. The fraction of sp³-hybridized carbons (Fsp3) is 0.344. The van der Waals surface area contributed by atoms with E-state index in [1.807, 2.05) is 0 Å². The minimum atomic E-state index is -4.45. The third kappa shape index (κ3) is 8.41. The first-order chi connectivity index (χ1) is 19.8. The lowest BCUT2D eigenvalue weighted by atomic mass is 9.79. The van der Waals surface area contributed by atoms with E-state index in [0.29, 0.717) is 18.4 Å². The number of alkyl halides is 3. The lowest BCUT2D eigenvalue weighted by Crippen LogP contribution is -2.34. The van der Waals surface area contributed by atoms with Gasteiger partial charge in [-0.15, -0.1) is 6.58 Å². The standard InChI is InChI=1S/C32H33F4NO5/c1-5-23(17-21-6-10-24(11-7-21)32(34,35)36)26(18-22-8-12-25(33)13-9-22)20(3)42-31(40)19(2)16-27(38)29-30(39)28(41-4)14-15-37-29/h5-15,19-20,23,26,39H,1,16-18H2,2-4H3/t19-,20+,23-,26+/m1/s1. The van der Waals surface area contributed by atoms with Crippen LogP contribution in [0.3, 0.4) is 0 Å². The molecule has 3 rings (SSSR count). The Morgan fingerprint density at radius 1 is 1.00 bits per heavy atom. The van der Waals surface area contributed by atoms with Crippen LogP contribution in [-0.4, -0.2) is 35.1 Å². The maximum absolute atomic E-state index is 13.5. The average molecular weight is 588 g/mol. The minimum Gasteiger partial charge on any atom is -0.503 e. The number of carbonyl (C=O) groups is 2. The zero-order chi connectivity index (χ0) is 31.0. The molecule has 0 fully saturated rings. The molecule has 0 amide bonds. The average Bonchev–Trinajstić information content (AvgIpc) is 2.95. The SMILES string of the molecule is C=C[C@H](Cc1ccc(C(F)(F)F)cc1)[C@@H](Cc1ccc(F)cc1)[C@H](C)OC(=O)[C@H](C)CC(=O)c1nccc(OC)c1O. The Bertz CT molecular complexity index is 1370. The first-order valence-corrected chi connectivity index (χ1v) is 13.3. The second-order valence-electron chi connectivity index (χ2n) is 10.2. The molecule has 1 N–H and O–H groups in total. The molecule has 1 heterocycles. The number of Topliss-reactive ketones (excluding diaryl/α,β-unsaturated/α-hetero) is 1. The Morgan fingerprint density at radius 2 is 1.60 bits per heavy atom. The van der Waals surface area contributed by atoms with Crippen LogP contribution in [0, 0.1) is 23.6 Å². The molecular formula is C32H33F4NO5. The van der Waals surface area contributed by atoms with Crippen molar-refractivity contribution in [3.8, 4) is 11.5 Å². The summed E-state index contributed by atoms with van der Waals surface area (Å²) in [5.41, 5.74) is 0.429. The molecule has 0 bridgehead atoms. The molecule has 0 aliphatic carbocycles. The Balaban J connectivity index is 1.78. The Hall–Kier alpha value is -4.21. The second-order valence-corrected chi connectivity index (χ2v) is 10.2. The van der Waals surface area contributed by atoms with Crippen LogP contribution in [0.2, 0.25) is 0 Å². The van der Waals surface area contributed by atoms with Gasteiger partial charge in [-0.25, -0.2) is 9.37 Å². The molecule has 4 atom stereocenters. The largest absolute Gasteiger partial charge is 0.503 e. The maximum atomic E-state index is 13.5. The molecule has 10 heteroatoms. The van der Waals surface area contributed by atoms with E-state index in [0.717, 1.165) is 17.7 Å². The predicted octanol–water partition coefficient (Wildman–Crippen LogP) is 7.00. The summed E-state index contributed by atoms with van der Waals surface area (Å²) >= 11 is 0. The van der Waals surface area contributed by atoms with Gasteiger partial charge in [0.2, 0.25) is 0 Å². The zero-order valence-electron chi connectivity index (χ0n) is 23.5. The number of ether oxygens (including phenoxy) is 2. The van der Waals surface area contributed by atoms with Gasteiger partial charge in [0.25, 0.3) is 0 Å². The molecule has 224 valence electrons. The van der Waals surface area contributed by atoms with Crippen molar-refractivity contribution < 1.29 is 41.7 Å². The molecule has 6 nitrogen and oxygen atoms in total. The van der Waals surface area contributed by atoms with Crippen molar-refractivity contribution in [2.45, 2.75) is 45.4 Å². The molecule has 0 aliphatic rings. The summed E-state index contributed by atoms with van der Waals surface area (Å²) in [7, 11) is 1.33. The lowest BCUT2D eigenvalue weighted by Gasteiger charge is -2.31. The van der Waals surface area contributed by atoms with Crippen molar-refractivity contribution in [1.82, 2.24) is 4.98 Å². The number of rotatable bonds is 13. The first-order valence-electron chi connectivity index (χ1n) is 13.3. The van der Waals surface area contributed by atoms with Gasteiger partial charge in [0, 0.05) is 24.6 Å². The number of halogens is 4. The summed E-state index contributed by atoms with van der Waals surface area (Å²) in [6, 6.07) is 12.1. The number of hydrogen-bond donors (Lipinski definition) is 1. The van der Waals surface area contributed by atoms with E-state index in [-0.39, 0.29) is 29.7 Å². The number of allylic oxidation sites excluding steroid dienone is 1. The van der Waals surface area contributed by atoms with E-state index in [1.54, 1.807) is 25.1 Å². The Kier molecular flexibility index (Phi) is 10.9. The topological polar surface area (TPSA) is 85.7 Å². The monoisotopic (exact) mass is 587 g/mol. The van der Waals surface area contributed by atoms with Gasteiger partial charge in [0.05, 0.1) is 18.6 Å². The highest BCUT2D eigenvalue weighted by Crippen LogP contribution is 2.32. The van der Waals surface area contributed by atoms with Gasteiger partial charge in [0.1, 0.15) is 11.9 Å². The molecule has 3 aromatic rings. The third-order valence-electron chi connectivity index (χ3n) is 7.16. The normalized spacial score (nSPS) is 14.4. The van der Waals surface area contributed by atoms with E-state index < -0.39 is 47.1 Å². The molecule has 1 aromatic heterocycles. The molecular weight excluding hydrogens is 554 g/mol. The van der Waals surface area contributed by atoms with E-state index in [2.05, 4.69) is 11.6 Å². The number of pyridine rings is 1. The summed E-state index contributed by atoms with van der Waals surface area (Å²) in [5.74, 6) is -3.57. The number of aromatic nitrogens is 1. The van der Waals surface area contributed by atoms with Gasteiger partial charge >= 0.3 is 12.1 Å². The van der Waals surface area contributed by atoms with E-state index in [4.69, 9.17) is 9.47 Å². The number of hydrogen-bond acceptors (Lipinski definition) is 6. The fourth-order valence-electron chi connectivity index (χ4n) is 4.72. The van der Waals surface area contributed by atoms with Crippen LogP contribution in [0.1, 0.15) is 47.4 Å². The van der Waals surface area contributed by atoms with Gasteiger partial charge in [-0.3, -0.25) is 9.59 Å². The van der Waals surface area contributed by atoms with Crippen molar-refractivity contribution in [3.05, 3.63) is 102 Å². The Labute approximate surface area is 242 Å². The van der Waals surface area contributed by atoms with Crippen molar-refractivity contribution in [1.29, 1.82) is 0 Å². The molecule has 0 unspecified atom stereocenters. The highest BCUT2D eigenvalue weighted by atomic mass is 19.4. The van der Waals surface area contributed by atoms with Crippen LogP contribution in [0.4, 0.5) is 17.6 Å². The quantitative estimate of drug-likeness (QED) is 0.100. The summed E-state index contributed by atoms with van der Waals surface area (Å²) in [4.78, 5) is 29.7. The summed E-state index contributed by atoms with van der Waals surface area (Å²) < 4.78 is 63.5. The van der Waals surface area contributed by atoms with Crippen molar-refractivity contribution in [2.24, 2.45) is 17.8 Å². The molecule has 0 spiro atoms. The second kappa shape index (κ2) is 14.1. The van der Waals surface area contributed by atoms with E-state index in [1.165, 1.54) is 50.6 Å². The molecule has 2 aromatic carbocycles. The van der Waals surface area contributed by atoms with Crippen molar-refractivity contribution in [3.63, 3.8) is 0 Å². The summed E-state index contributed by atoms with van der Waals surface area (Å²) in [5, 5.41) is 10.2. The summed E-state index contributed by atoms with van der Waals surface area (Å²) in [6.45, 7) is 7.13. The minimum absolute atomic E-state index is 0.0735. The number of benzene rings is 2. The smallest absolute Gasteiger partial charge is 0.416 e. The van der Waals surface area contributed by atoms with Crippen LogP contribution in [0.25, 0.3) is 0 Å². The van der Waals surface area contributed by atoms with E-state index >= 15 is 0 Å². The number of nitrogens with zero attached hydrogens (tertiary/aromatic N) is 1. The van der Waals surface area contributed by atoms with E-state index in [9.17, 15) is 32.3 Å². The number of methoxy groups -OCH3 is 1. The molecule has 0 saturated carbocycles. The van der Waals surface area contributed by atoms with Crippen LogP contribution >= 0.6 is 0 Å². The lowest BCUT2D eigenvalue weighted by molar-refractivity contribution is -0.156. The van der Waals surface area contributed by atoms with Crippen LogP contribution in [-0.2, 0) is 28.5 Å². The Morgan fingerprint density at radius 3 is 2.17 bits per heavy atom. The van der Waals surface area contributed by atoms with Crippen LogP contribution in [0.5, 0.6) is 11.5 Å². The van der Waals surface area contributed by atoms with Gasteiger partial charge in [-0.2, -0.15) is 13.2 Å². The summed E-state index contributed by atoms with van der Waals surface area (Å²) in [6.07, 6.45) is -1.78. The molecule has 0 saturated heterocycles. The van der Waals surface area contributed by atoms with Crippen LogP contribution < -0.4 is 4.74 Å². The number of esters is 1. The molecule has 42 heavy (non-hydrogen) atoms. The first kappa shape index (κ1) is 32.3. The van der Waals surface area contributed by atoms with Crippen molar-refractivity contribution >= 4 is 11.8 Å². The van der Waals surface area contributed by atoms with Gasteiger partial charge in [-0.1, -0.05) is 37.3 Å². The highest BCUT2D eigenvalue weighted by molar-refractivity contribution is 5.99. The maximum Gasteiger partial charge on any atom is 0.416 e. The zero-order valence-corrected chi connectivity index (χ0v) is 23.5. The van der Waals surface area contributed by atoms with Crippen molar-refractivity contribution in [2.75, 3.05) is 7.11 Å². The number of ketones is 1. The predicted molar refractivity (Wildman–Crippen MR) is 149 cm³/mol.